The number of benzene rings is 2. The van der Waals surface area contributed by atoms with Crippen molar-refractivity contribution in [3.63, 3.8) is 0 Å². The molecule has 6 nitrogen and oxygen atoms in total. The van der Waals surface area contributed by atoms with E-state index in [1.165, 1.54) is 11.1 Å². The molecule has 3 aliphatic rings. The van der Waals surface area contributed by atoms with Gasteiger partial charge in [0.15, 0.2) is 0 Å². The van der Waals surface area contributed by atoms with E-state index in [1.54, 1.807) is 0 Å². The van der Waals surface area contributed by atoms with Crippen LogP contribution >= 0.6 is 15.9 Å². The Morgan fingerprint density at radius 1 is 1.03 bits per heavy atom. The lowest BCUT2D eigenvalue weighted by Gasteiger charge is -2.40. The first-order valence-electron chi connectivity index (χ1n) is 13.9. The minimum absolute atomic E-state index is 0.0972. The van der Waals surface area contributed by atoms with Gasteiger partial charge in [-0.3, -0.25) is 4.79 Å². The zero-order valence-corrected chi connectivity index (χ0v) is 24.5. The second-order valence-electron chi connectivity index (χ2n) is 12.5. The highest BCUT2D eigenvalue weighted by Crippen LogP contribution is 2.42. The largest absolute Gasteiger partial charge is 0.444 e. The van der Waals surface area contributed by atoms with Crippen LogP contribution in [-0.2, 0) is 16.1 Å². The standard InChI is InChI=1S/C31H40BrN3O3/c1-30(2,3)38-29(37)34-20-25(27(21-34)24-7-5-4-6-8-24)19-33-15-13-31(14-16-33)17-28(36)35(22-31)18-23-9-11-26(32)12-10-23/h4-12,25,27H,13-22H2,1-3H3/t25-,27+/m0/s1. The molecule has 0 N–H and O–H groups in total. The minimum atomic E-state index is -0.497. The summed E-state index contributed by atoms with van der Waals surface area (Å²) in [7, 11) is 0. The van der Waals surface area contributed by atoms with Gasteiger partial charge in [-0.05, 0) is 81.3 Å². The van der Waals surface area contributed by atoms with E-state index in [0.29, 0.717) is 31.3 Å². The molecule has 2 aromatic rings. The van der Waals surface area contributed by atoms with E-state index in [9.17, 15) is 9.59 Å². The zero-order chi connectivity index (χ0) is 26.9. The highest BCUT2D eigenvalue weighted by molar-refractivity contribution is 9.10. The topological polar surface area (TPSA) is 53.1 Å². The normalized spacial score (nSPS) is 23.8. The fourth-order valence-corrected chi connectivity index (χ4v) is 6.69. The SMILES string of the molecule is CC(C)(C)OC(=O)N1C[C@H](CN2CCC3(CC2)CC(=O)N(Cc2ccc(Br)cc2)C3)[C@@H](c2ccccc2)C1. The van der Waals surface area contributed by atoms with Crippen molar-refractivity contribution in [2.45, 2.75) is 58.1 Å². The molecule has 7 heteroatoms. The van der Waals surface area contributed by atoms with Gasteiger partial charge >= 0.3 is 6.09 Å². The second-order valence-corrected chi connectivity index (χ2v) is 13.4. The smallest absolute Gasteiger partial charge is 0.410 e. The first-order valence-corrected chi connectivity index (χ1v) is 14.7. The predicted molar refractivity (Wildman–Crippen MR) is 153 cm³/mol. The molecule has 0 saturated carbocycles. The first-order chi connectivity index (χ1) is 18.1. The summed E-state index contributed by atoms with van der Waals surface area (Å²) in [4.78, 5) is 32.4. The number of piperidine rings is 1. The average molecular weight is 583 g/mol. The van der Waals surface area contributed by atoms with Crippen LogP contribution in [0.2, 0.25) is 0 Å². The molecule has 0 radical (unpaired) electrons. The van der Waals surface area contributed by atoms with E-state index in [4.69, 9.17) is 4.74 Å². The van der Waals surface area contributed by atoms with Crippen molar-refractivity contribution >= 4 is 27.9 Å². The molecule has 5 rings (SSSR count). The summed E-state index contributed by atoms with van der Waals surface area (Å²) >= 11 is 3.49. The molecule has 0 aliphatic carbocycles. The van der Waals surface area contributed by atoms with Crippen molar-refractivity contribution in [1.29, 1.82) is 0 Å². The maximum atomic E-state index is 12.9. The van der Waals surface area contributed by atoms with Gasteiger partial charge in [0.2, 0.25) is 5.91 Å². The van der Waals surface area contributed by atoms with Crippen molar-refractivity contribution in [3.8, 4) is 0 Å². The zero-order valence-electron chi connectivity index (χ0n) is 22.9. The monoisotopic (exact) mass is 581 g/mol. The summed E-state index contributed by atoms with van der Waals surface area (Å²) < 4.78 is 6.77. The van der Waals surface area contributed by atoms with Crippen LogP contribution in [0.4, 0.5) is 4.79 Å². The van der Waals surface area contributed by atoms with Crippen molar-refractivity contribution in [2.75, 3.05) is 39.3 Å². The molecular formula is C31H40BrN3O3. The van der Waals surface area contributed by atoms with Crippen LogP contribution in [0.3, 0.4) is 0 Å². The van der Waals surface area contributed by atoms with E-state index >= 15 is 0 Å². The third-order valence-corrected chi connectivity index (χ3v) is 8.95. The molecule has 204 valence electrons. The lowest BCUT2D eigenvalue weighted by molar-refractivity contribution is -0.128. The van der Waals surface area contributed by atoms with Crippen LogP contribution in [0, 0.1) is 11.3 Å². The summed E-state index contributed by atoms with van der Waals surface area (Å²) in [5.41, 5.74) is 2.07. The number of ether oxygens (including phenoxy) is 1. The third-order valence-electron chi connectivity index (χ3n) is 8.42. The predicted octanol–water partition coefficient (Wildman–Crippen LogP) is 5.91. The van der Waals surface area contributed by atoms with Crippen molar-refractivity contribution < 1.29 is 14.3 Å². The van der Waals surface area contributed by atoms with Gasteiger partial charge in [0, 0.05) is 49.5 Å². The Morgan fingerprint density at radius 3 is 2.37 bits per heavy atom. The fourth-order valence-electron chi connectivity index (χ4n) is 6.42. The molecule has 2 aromatic carbocycles. The molecule has 0 unspecified atom stereocenters. The quantitative estimate of drug-likeness (QED) is 0.440. The van der Waals surface area contributed by atoms with Crippen LogP contribution < -0.4 is 0 Å². The van der Waals surface area contributed by atoms with Crippen molar-refractivity contribution in [2.24, 2.45) is 11.3 Å². The van der Waals surface area contributed by atoms with Gasteiger partial charge < -0.3 is 19.4 Å². The Balaban J connectivity index is 1.20. The number of nitrogens with zero attached hydrogens (tertiary/aromatic N) is 3. The molecular weight excluding hydrogens is 542 g/mol. The summed E-state index contributed by atoms with van der Waals surface area (Å²) in [6, 6.07) is 18.9. The van der Waals surface area contributed by atoms with E-state index in [1.807, 2.05) is 43.9 Å². The highest BCUT2D eigenvalue weighted by Gasteiger charge is 2.46. The maximum Gasteiger partial charge on any atom is 0.410 e. The van der Waals surface area contributed by atoms with Crippen molar-refractivity contribution in [3.05, 3.63) is 70.2 Å². The Hall–Kier alpha value is -2.38. The third kappa shape index (κ3) is 6.42. The Bertz CT molecular complexity index is 1120. The van der Waals surface area contributed by atoms with Gasteiger partial charge in [-0.1, -0.05) is 58.4 Å². The van der Waals surface area contributed by atoms with Gasteiger partial charge in [0.05, 0.1) is 0 Å². The lowest BCUT2D eigenvalue weighted by Crippen LogP contribution is -2.44. The number of hydrogen-bond acceptors (Lipinski definition) is 4. The number of amides is 2. The average Bonchev–Trinajstić information content (AvgIpc) is 3.43. The molecule has 2 amide bonds. The van der Waals surface area contributed by atoms with E-state index < -0.39 is 5.60 Å². The highest BCUT2D eigenvalue weighted by atomic mass is 79.9. The minimum Gasteiger partial charge on any atom is -0.444 e. The lowest BCUT2D eigenvalue weighted by atomic mass is 9.77. The number of rotatable bonds is 5. The second kappa shape index (κ2) is 11.0. The Morgan fingerprint density at radius 2 is 1.71 bits per heavy atom. The molecule has 3 aliphatic heterocycles. The van der Waals surface area contributed by atoms with Crippen LogP contribution in [0.1, 0.15) is 57.1 Å². The summed E-state index contributed by atoms with van der Waals surface area (Å²) in [5, 5.41) is 0. The number of carbonyl (C=O) groups is 2. The number of hydrogen-bond donors (Lipinski definition) is 0. The molecule has 0 aromatic heterocycles. The number of halogens is 1. The number of likely N-dealkylation sites (tertiary alicyclic amines) is 3. The molecule has 38 heavy (non-hydrogen) atoms. The molecule has 3 saturated heterocycles. The van der Waals surface area contributed by atoms with Gasteiger partial charge in [-0.15, -0.1) is 0 Å². The van der Waals surface area contributed by atoms with Gasteiger partial charge in [-0.2, -0.15) is 0 Å². The van der Waals surface area contributed by atoms with Crippen LogP contribution in [-0.4, -0.2) is 71.6 Å². The van der Waals surface area contributed by atoms with Crippen LogP contribution in [0.15, 0.2) is 59.1 Å². The molecule has 3 heterocycles. The molecule has 2 atom stereocenters. The van der Waals surface area contributed by atoms with E-state index in [0.717, 1.165) is 50.0 Å². The molecule has 3 fully saturated rings. The van der Waals surface area contributed by atoms with Crippen LogP contribution in [0.25, 0.3) is 0 Å². The summed E-state index contributed by atoms with van der Waals surface area (Å²) in [5.74, 6) is 0.946. The summed E-state index contributed by atoms with van der Waals surface area (Å²) in [6.07, 6.45) is 2.55. The van der Waals surface area contributed by atoms with Crippen LogP contribution in [0.5, 0.6) is 0 Å². The van der Waals surface area contributed by atoms with E-state index in [-0.39, 0.29) is 17.4 Å². The molecule has 1 spiro atoms. The maximum absolute atomic E-state index is 12.9. The summed E-state index contributed by atoms with van der Waals surface area (Å²) in [6.45, 7) is 11.7. The van der Waals surface area contributed by atoms with Gasteiger partial charge in [-0.25, -0.2) is 4.79 Å². The molecule has 0 bridgehead atoms. The Kier molecular flexibility index (Phi) is 7.88. The van der Waals surface area contributed by atoms with Gasteiger partial charge in [0.25, 0.3) is 0 Å². The van der Waals surface area contributed by atoms with E-state index in [2.05, 4.69) is 62.1 Å². The number of carbonyl (C=O) groups excluding carboxylic acids is 2. The fraction of sp³-hybridized carbons (Fsp3) is 0.548. The Labute approximate surface area is 235 Å². The first kappa shape index (κ1) is 27.2. The van der Waals surface area contributed by atoms with Gasteiger partial charge in [0.1, 0.15) is 5.60 Å². The van der Waals surface area contributed by atoms with Crippen molar-refractivity contribution in [1.82, 2.24) is 14.7 Å².